The number of nitrogens with zero attached hydrogens (tertiary/aromatic N) is 1. The molecule has 17 heavy (non-hydrogen) atoms. The average molecular weight is 250 g/mol. The zero-order valence-electron chi connectivity index (χ0n) is 8.53. The standard InChI is InChI=1S/C9H9F3N2O3/c10-9(11,12)8(16)17-5-3-14-7(15)4-1-2-13-6(4)5/h2,4-6H,1,3H2,(H,14,15). The van der Waals surface area contributed by atoms with Gasteiger partial charge in [0.15, 0.2) is 0 Å². The molecule has 2 aliphatic heterocycles. The van der Waals surface area contributed by atoms with Crippen LogP contribution in [0.3, 0.4) is 0 Å². The number of carbonyl (C=O) groups is 2. The van der Waals surface area contributed by atoms with E-state index in [9.17, 15) is 22.8 Å². The van der Waals surface area contributed by atoms with Gasteiger partial charge in [0.25, 0.3) is 0 Å². The molecule has 2 aliphatic rings. The molecule has 3 atom stereocenters. The lowest BCUT2D eigenvalue weighted by Gasteiger charge is -2.31. The topological polar surface area (TPSA) is 67.8 Å². The van der Waals surface area contributed by atoms with Gasteiger partial charge in [0.2, 0.25) is 5.91 Å². The SMILES string of the molecule is O=C1NCC(OC(=O)C(F)(F)F)C2N=CCC12. The summed E-state index contributed by atoms with van der Waals surface area (Å²) >= 11 is 0. The van der Waals surface area contributed by atoms with Crippen LogP contribution in [0.25, 0.3) is 0 Å². The van der Waals surface area contributed by atoms with Crippen molar-refractivity contribution in [3.8, 4) is 0 Å². The number of ether oxygens (including phenoxy) is 1. The molecule has 2 rings (SSSR count). The number of aliphatic imine (C=N–C) groups is 1. The number of hydrogen-bond donors (Lipinski definition) is 1. The summed E-state index contributed by atoms with van der Waals surface area (Å²) < 4.78 is 40.4. The van der Waals surface area contributed by atoms with Gasteiger partial charge < -0.3 is 10.1 Å². The highest BCUT2D eigenvalue weighted by molar-refractivity contribution is 5.85. The van der Waals surface area contributed by atoms with Crippen molar-refractivity contribution in [3.63, 3.8) is 0 Å². The van der Waals surface area contributed by atoms with E-state index in [1.165, 1.54) is 6.21 Å². The molecule has 0 aliphatic carbocycles. The van der Waals surface area contributed by atoms with E-state index in [4.69, 9.17) is 0 Å². The summed E-state index contributed by atoms with van der Waals surface area (Å²) in [7, 11) is 0. The van der Waals surface area contributed by atoms with Crippen LogP contribution in [0.15, 0.2) is 4.99 Å². The normalized spacial score (nSPS) is 31.9. The van der Waals surface area contributed by atoms with Gasteiger partial charge in [-0.15, -0.1) is 0 Å². The number of esters is 1. The molecule has 1 fully saturated rings. The molecule has 5 nitrogen and oxygen atoms in total. The second kappa shape index (κ2) is 4.01. The van der Waals surface area contributed by atoms with Crippen molar-refractivity contribution < 1.29 is 27.5 Å². The van der Waals surface area contributed by atoms with Crippen LogP contribution in [0.2, 0.25) is 0 Å². The van der Waals surface area contributed by atoms with Crippen molar-refractivity contribution in [1.29, 1.82) is 0 Å². The fraction of sp³-hybridized carbons (Fsp3) is 0.667. The Morgan fingerprint density at radius 1 is 1.53 bits per heavy atom. The molecule has 1 amide bonds. The third kappa shape index (κ3) is 2.25. The minimum Gasteiger partial charge on any atom is -0.452 e. The molecule has 8 heteroatoms. The maximum Gasteiger partial charge on any atom is 0.490 e. The quantitative estimate of drug-likeness (QED) is 0.668. The second-order valence-corrected chi connectivity index (χ2v) is 3.85. The first-order valence-corrected chi connectivity index (χ1v) is 4.97. The van der Waals surface area contributed by atoms with E-state index in [2.05, 4.69) is 15.0 Å². The van der Waals surface area contributed by atoms with E-state index in [1.807, 2.05) is 0 Å². The zero-order chi connectivity index (χ0) is 12.6. The third-order valence-electron chi connectivity index (χ3n) is 2.73. The number of nitrogens with one attached hydrogen (secondary N) is 1. The molecule has 1 saturated heterocycles. The van der Waals surface area contributed by atoms with Crippen LogP contribution in [0, 0.1) is 5.92 Å². The van der Waals surface area contributed by atoms with Gasteiger partial charge in [-0.05, 0) is 6.42 Å². The summed E-state index contributed by atoms with van der Waals surface area (Å²) in [4.78, 5) is 25.9. The fourth-order valence-electron chi connectivity index (χ4n) is 1.93. The average Bonchev–Trinajstić information content (AvgIpc) is 2.70. The van der Waals surface area contributed by atoms with Crippen molar-refractivity contribution in [1.82, 2.24) is 5.32 Å². The maximum atomic E-state index is 12.0. The Hall–Kier alpha value is -1.60. The van der Waals surface area contributed by atoms with Gasteiger partial charge in [0.05, 0.1) is 12.5 Å². The highest BCUT2D eigenvalue weighted by atomic mass is 19.4. The van der Waals surface area contributed by atoms with Gasteiger partial charge in [0, 0.05) is 6.21 Å². The summed E-state index contributed by atoms with van der Waals surface area (Å²) in [6.07, 6.45) is -4.25. The summed E-state index contributed by atoms with van der Waals surface area (Å²) in [6, 6.07) is -0.699. The number of fused-ring (bicyclic) bond motifs is 1. The van der Waals surface area contributed by atoms with Crippen LogP contribution < -0.4 is 5.32 Å². The minimum atomic E-state index is -5.03. The molecule has 1 N–H and O–H groups in total. The van der Waals surface area contributed by atoms with Gasteiger partial charge >= 0.3 is 12.1 Å². The van der Waals surface area contributed by atoms with Gasteiger partial charge in [-0.2, -0.15) is 13.2 Å². The van der Waals surface area contributed by atoms with Crippen molar-refractivity contribution >= 4 is 18.1 Å². The Morgan fingerprint density at radius 3 is 2.88 bits per heavy atom. The Bertz CT molecular complexity index is 380. The number of rotatable bonds is 1. The molecule has 0 aromatic heterocycles. The van der Waals surface area contributed by atoms with Crippen molar-refractivity contribution in [2.24, 2.45) is 10.9 Å². The molecule has 0 spiro atoms. The first-order valence-electron chi connectivity index (χ1n) is 4.97. The molecule has 0 radical (unpaired) electrons. The number of carbonyl (C=O) groups excluding carboxylic acids is 2. The first kappa shape index (κ1) is 11.9. The van der Waals surface area contributed by atoms with Gasteiger partial charge in [-0.3, -0.25) is 9.79 Å². The summed E-state index contributed by atoms with van der Waals surface area (Å²) in [5.41, 5.74) is 0. The lowest BCUT2D eigenvalue weighted by Crippen LogP contribution is -2.54. The molecule has 0 aromatic rings. The van der Waals surface area contributed by atoms with Gasteiger partial charge in [-0.1, -0.05) is 0 Å². The molecular formula is C9H9F3N2O3. The Morgan fingerprint density at radius 2 is 2.24 bits per heavy atom. The van der Waals surface area contributed by atoms with Crippen LogP contribution >= 0.6 is 0 Å². The fourth-order valence-corrected chi connectivity index (χ4v) is 1.93. The molecular weight excluding hydrogens is 241 g/mol. The lowest BCUT2D eigenvalue weighted by atomic mass is 9.91. The van der Waals surface area contributed by atoms with Crippen LogP contribution in [0.5, 0.6) is 0 Å². The molecule has 0 saturated carbocycles. The van der Waals surface area contributed by atoms with Crippen LogP contribution in [0.1, 0.15) is 6.42 Å². The van der Waals surface area contributed by atoms with Crippen LogP contribution in [-0.2, 0) is 14.3 Å². The van der Waals surface area contributed by atoms with Crippen LogP contribution in [0.4, 0.5) is 13.2 Å². The van der Waals surface area contributed by atoms with E-state index in [-0.39, 0.29) is 12.5 Å². The molecule has 0 bridgehead atoms. The summed E-state index contributed by atoms with van der Waals surface area (Å²) in [5.74, 6) is -3.05. The van der Waals surface area contributed by atoms with E-state index in [0.29, 0.717) is 6.42 Å². The summed E-state index contributed by atoms with van der Waals surface area (Å²) in [5, 5.41) is 2.40. The van der Waals surface area contributed by atoms with Crippen molar-refractivity contribution in [2.45, 2.75) is 24.7 Å². The van der Waals surface area contributed by atoms with E-state index in [0.717, 1.165) is 0 Å². The predicted octanol–water partition coefficient (Wildman–Crippen LogP) is 0.0496. The van der Waals surface area contributed by atoms with Gasteiger partial charge in [0.1, 0.15) is 12.1 Å². The lowest BCUT2D eigenvalue weighted by molar-refractivity contribution is -0.206. The Balaban J connectivity index is 2.05. The molecule has 0 aromatic carbocycles. The van der Waals surface area contributed by atoms with Crippen molar-refractivity contribution in [3.05, 3.63) is 0 Å². The Kier molecular flexibility index (Phi) is 2.80. The smallest absolute Gasteiger partial charge is 0.452 e. The molecule has 94 valence electrons. The second-order valence-electron chi connectivity index (χ2n) is 3.85. The van der Waals surface area contributed by atoms with Crippen molar-refractivity contribution in [2.75, 3.05) is 6.54 Å². The number of piperidine rings is 1. The number of hydrogen-bond acceptors (Lipinski definition) is 4. The van der Waals surface area contributed by atoms with Crippen LogP contribution in [-0.4, -0.2) is 43.0 Å². The van der Waals surface area contributed by atoms with E-state index >= 15 is 0 Å². The number of halogens is 3. The number of alkyl halides is 3. The summed E-state index contributed by atoms with van der Waals surface area (Å²) in [6.45, 7) is -0.140. The van der Waals surface area contributed by atoms with E-state index in [1.54, 1.807) is 0 Å². The van der Waals surface area contributed by atoms with E-state index < -0.39 is 30.2 Å². The first-order chi connectivity index (χ1) is 7.89. The minimum absolute atomic E-state index is 0.140. The number of amides is 1. The monoisotopic (exact) mass is 250 g/mol. The highest BCUT2D eigenvalue weighted by Crippen LogP contribution is 2.27. The largest absolute Gasteiger partial charge is 0.490 e. The predicted molar refractivity (Wildman–Crippen MR) is 49.3 cm³/mol. The Labute approximate surface area is 94.0 Å². The van der Waals surface area contributed by atoms with Gasteiger partial charge in [-0.25, -0.2) is 4.79 Å². The molecule has 2 heterocycles. The molecule has 3 unspecified atom stereocenters. The maximum absolute atomic E-state index is 12.0. The third-order valence-corrected chi connectivity index (χ3v) is 2.73. The highest BCUT2D eigenvalue weighted by Gasteiger charge is 2.47. The zero-order valence-corrected chi connectivity index (χ0v) is 8.53.